The Hall–Kier alpha value is -3.34. The molecule has 2 aromatic carbocycles. The van der Waals surface area contributed by atoms with Crippen molar-refractivity contribution >= 4 is 5.91 Å². The molecule has 3 aromatic rings. The van der Waals surface area contributed by atoms with Crippen LogP contribution in [0.3, 0.4) is 0 Å². The van der Waals surface area contributed by atoms with Gasteiger partial charge in [0.15, 0.2) is 17.7 Å². The Balaban J connectivity index is 1.80. The second kappa shape index (κ2) is 7.62. The zero-order valence-electron chi connectivity index (χ0n) is 17.7. The summed E-state index contributed by atoms with van der Waals surface area (Å²) in [6.45, 7) is 2.57. The van der Waals surface area contributed by atoms with Gasteiger partial charge in [-0.1, -0.05) is 12.1 Å². The highest BCUT2D eigenvalue weighted by Crippen LogP contribution is 2.42. The Morgan fingerprint density at radius 3 is 2.21 bits per heavy atom. The summed E-state index contributed by atoms with van der Waals surface area (Å²) in [7, 11) is 0. The first-order valence-corrected chi connectivity index (χ1v) is 9.81. The molecule has 1 atom stereocenters. The lowest BCUT2D eigenvalue weighted by atomic mass is 9.95. The molecular weight excluding hydrogens is 449 g/mol. The largest absolute Gasteiger partial charge is 0.421 e. The maximum absolute atomic E-state index is 14.6. The molecule has 0 radical (unpaired) electrons. The van der Waals surface area contributed by atoms with E-state index >= 15 is 0 Å². The van der Waals surface area contributed by atoms with Crippen LogP contribution >= 0.6 is 0 Å². The van der Waals surface area contributed by atoms with Crippen LogP contribution in [0.1, 0.15) is 35.7 Å². The van der Waals surface area contributed by atoms with Gasteiger partial charge in [0, 0.05) is 18.1 Å². The molecule has 33 heavy (non-hydrogen) atoms. The van der Waals surface area contributed by atoms with E-state index in [1.54, 1.807) is 19.1 Å². The Bertz CT molecular complexity index is 1220. The number of rotatable bonds is 4. The van der Waals surface area contributed by atoms with E-state index in [-0.39, 0.29) is 22.6 Å². The van der Waals surface area contributed by atoms with Gasteiger partial charge >= 0.3 is 6.18 Å². The van der Waals surface area contributed by atoms with Crippen LogP contribution < -0.4 is 0 Å². The number of aromatic nitrogens is 2. The lowest BCUT2D eigenvalue weighted by molar-refractivity contribution is -0.219. The van der Waals surface area contributed by atoms with Gasteiger partial charge in [0.05, 0.1) is 17.7 Å². The van der Waals surface area contributed by atoms with Crippen LogP contribution in [0, 0.1) is 18.6 Å². The predicted octanol–water partition coefficient (Wildman–Crippen LogP) is 4.65. The molecule has 0 spiro atoms. The number of carbonyl (C=O) groups is 1. The van der Waals surface area contributed by atoms with Gasteiger partial charge in [-0.25, -0.2) is 8.78 Å². The Morgan fingerprint density at radius 1 is 1.09 bits per heavy atom. The van der Waals surface area contributed by atoms with Crippen LogP contribution in [0.2, 0.25) is 0 Å². The van der Waals surface area contributed by atoms with Gasteiger partial charge in [0.25, 0.3) is 5.91 Å². The van der Waals surface area contributed by atoms with E-state index in [1.165, 1.54) is 12.1 Å². The number of hydrogen-bond acceptors (Lipinski definition) is 5. The van der Waals surface area contributed by atoms with E-state index in [4.69, 9.17) is 4.42 Å². The molecule has 0 saturated heterocycles. The summed E-state index contributed by atoms with van der Waals surface area (Å²) in [4.78, 5) is 13.4. The number of aliphatic hydroxyl groups is 1. The number of carbonyl (C=O) groups excluding carboxylic acids is 1. The first-order valence-electron chi connectivity index (χ1n) is 9.81. The van der Waals surface area contributed by atoms with Crippen molar-refractivity contribution < 1.29 is 36.3 Å². The van der Waals surface area contributed by atoms with Crippen LogP contribution in [0.4, 0.5) is 22.0 Å². The van der Waals surface area contributed by atoms with Gasteiger partial charge in [0.1, 0.15) is 0 Å². The molecular formula is C22H18F5N3O3. The molecule has 2 heterocycles. The third-order valence-electron chi connectivity index (χ3n) is 5.38. The SMILES string of the molecule is Cc1nnc(-c2ccc(-c3cc(F)c(F)c4c3C(=O)N([C@@H](C(C)(C)O)C(F)(F)F)C4)cc2)o1. The fourth-order valence-corrected chi connectivity index (χ4v) is 4.06. The lowest BCUT2D eigenvalue weighted by Gasteiger charge is -2.37. The molecule has 0 unspecified atom stereocenters. The van der Waals surface area contributed by atoms with Crippen molar-refractivity contribution in [2.24, 2.45) is 0 Å². The lowest BCUT2D eigenvalue weighted by Crippen LogP contribution is -2.57. The average molecular weight is 467 g/mol. The van der Waals surface area contributed by atoms with E-state index in [9.17, 15) is 31.9 Å². The first kappa shape index (κ1) is 22.8. The van der Waals surface area contributed by atoms with Gasteiger partial charge in [-0.15, -0.1) is 10.2 Å². The molecule has 0 saturated carbocycles. The standard InChI is InChI=1S/C22H18F5N3O3/c1-10-28-29-18(33-10)12-6-4-11(5-7-12)13-8-15(23)17(24)14-9-30(19(31)16(13)14)20(21(2,3)32)22(25,26)27/h4-8,20,32H,9H2,1-3H3/t20-/m0/s1. The van der Waals surface area contributed by atoms with Gasteiger partial charge in [-0.05, 0) is 43.2 Å². The van der Waals surface area contributed by atoms with Crippen molar-refractivity contribution in [3.63, 3.8) is 0 Å². The summed E-state index contributed by atoms with van der Waals surface area (Å²) in [6.07, 6.45) is -5.00. The van der Waals surface area contributed by atoms with E-state index in [0.29, 0.717) is 16.4 Å². The molecule has 1 N–H and O–H groups in total. The smallest absolute Gasteiger partial charge is 0.411 e. The van der Waals surface area contributed by atoms with E-state index < -0.39 is 47.5 Å². The van der Waals surface area contributed by atoms with Gasteiger partial charge in [-0.3, -0.25) is 4.79 Å². The second-order valence-corrected chi connectivity index (χ2v) is 8.31. The zero-order chi connectivity index (χ0) is 24.3. The third kappa shape index (κ3) is 3.97. The first-order chi connectivity index (χ1) is 15.3. The van der Waals surface area contributed by atoms with Crippen LogP contribution in [-0.2, 0) is 6.54 Å². The zero-order valence-corrected chi connectivity index (χ0v) is 17.7. The van der Waals surface area contributed by atoms with E-state index in [2.05, 4.69) is 10.2 Å². The molecule has 174 valence electrons. The highest BCUT2D eigenvalue weighted by Gasteiger charge is 2.55. The number of aryl methyl sites for hydroxylation is 1. The van der Waals surface area contributed by atoms with Crippen LogP contribution in [0.15, 0.2) is 34.7 Å². The molecule has 1 aromatic heterocycles. The summed E-state index contributed by atoms with van der Waals surface area (Å²) in [6, 6.07) is 4.20. The molecule has 0 aliphatic carbocycles. The number of hydrogen-bond donors (Lipinski definition) is 1. The van der Waals surface area contributed by atoms with Gasteiger partial charge in [0.2, 0.25) is 11.8 Å². The Morgan fingerprint density at radius 2 is 1.70 bits per heavy atom. The summed E-state index contributed by atoms with van der Waals surface area (Å²) in [5.74, 6) is -3.31. The molecule has 6 nitrogen and oxygen atoms in total. The summed E-state index contributed by atoms with van der Waals surface area (Å²) in [5.41, 5.74) is -2.53. The van der Waals surface area contributed by atoms with Crippen molar-refractivity contribution in [2.75, 3.05) is 0 Å². The number of alkyl halides is 3. The molecule has 0 bridgehead atoms. The van der Waals surface area contributed by atoms with Gasteiger partial charge in [-0.2, -0.15) is 13.2 Å². The minimum absolute atomic E-state index is 0.0682. The normalized spacial score (nSPS) is 15.2. The molecule has 4 rings (SSSR count). The van der Waals surface area contributed by atoms with Crippen molar-refractivity contribution in [3.8, 4) is 22.6 Å². The van der Waals surface area contributed by atoms with Crippen molar-refractivity contribution in [1.29, 1.82) is 0 Å². The number of benzene rings is 2. The minimum Gasteiger partial charge on any atom is -0.421 e. The molecule has 0 fully saturated rings. The quantitative estimate of drug-likeness (QED) is 0.566. The fraction of sp³-hybridized carbons (Fsp3) is 0.318. The van der Waals surface area contributed by atoms with Crippen LogP contribution in [0.5, 0.6) is 0 Å². The average Bonchev–Trinajstić information content (AvgIpc) is 3.27. The topological polar surface area (TPSA) is 79.5 Å². The summed E-state index contributed by atoms with van der Waals surface area (Å²) < 4.78 is 75.5. The Labute approximate surface area is 184 Å². The number of halogens is 5. The van der Waals surface area contributed by atoms with Crippen LogP contribution in [0.25, 0.3) is 22.6 Å². The van der Waals surface area contributed by atoms with Crippen molar-refractivity contribution in [2.45, 2.75) is 45.1 Å². The van der Waals surface area contributed by atoms with Crippen LogP contribution in [-0.4, -0.2) is 43.9 Å². The highest BCUT2D eigenvalue weighted by molar-refractivity contribution is 6.05. The third-order valence-corrected chi connectivity index (χ3v) is 5.38. The molecule has 1 amide bonds. The Kier molecular flexibility index (Phi) is 5.27. The molecule has 11 heteroatoms. The summed E-state index contributed by atoms with van der Waals surface area (Å²) in [5, 5.41) is 17.7. The van der Waals surface area contributed by atoms with Crippen molar-refractivity contribution in [3.05, 3.63) is 59.0 Å². The second-order valence-electron chi connectivity index (χ2n) is 8.31. The van der Waals surface area contributed by atoms with E-state index in [0.717, 1.165) is 19.9 Å². The number of amides is 1. The minimum atomic E-state index is -5.00. The molecule has 1 aliphatic rings. The monoisotopic (exact) mass is 467 g/mol. The summed E-state index contributed by atoms with van der Waals surface area (Å²) >= 11 is 0. The van der Waals surface area contributed by atoms with Crippen molar-refractivity contribution in [1.82, 2.24) is 15.1 Å². The fourth-order valence-electron chi connectivity index (χ4n) is 4.06. The highest BCUT2D eigenvalue weighted by atomic mass is 19.4. The number of fused-ring (bicyclic) bond motifs is 1. The molecule has 1 aliphatic heterocycles. The maximum atomic E-state index is 14.6. The predicted molar refractivity (Wildman–Crippen MR) is 106 cm³/mol. The maximum Gasteiger partial charge on any atom is 0.411 e. The number of nitrogens with zero attached hydrogens (tertiary/aromatic N) is 3. The van der Waals surface area contributed by atoms with Gasteiger partial charge < -0.3 is 14.4 Å². The van der Waals surface area contributed by atoms with E-state index in [1.807, 2.05) is 0 Å².